The number of anilines is 1. The fourth-order valence-electron chi connectivity index (χ4n) is 2.19. The maximum absolute atomic E-state index is 7.55. The third kappa shape index (κ3) is 1.76. The van der Waals surface area contributed by atoms with E-state index in [0.717, 1.165) is 35.6 Å². The second-order valence-electron chi connectivity index (χ2n) is 4.16. The molecule has 18 heavy (non-hydrogen) atoms. The van der Waals surface area contributed by atoms with Crippen LogP contribution >= 0.6 is 22.6 Å². The first-order valence-electron chi connectivity index (χ1n) is 5.63. The van der Waals surface area contributed by atoms with Crippen molar-refractivity contribution in [3.8, 4) is 11.3 Å². The smallest absolute Gasteiger partial charge is 0.215 e. The summed E-state index contributed by atoms with van der Waals surface area (Å²) in [6, 6.07) is 8.20. The fraction of sp³-hybridized carbons (Fsp3) is 0.167. The van der Waals surface area contributed by atoms with Gasteiger partial charge in [-0.05, 0) is 41.1 Å². The maximum atomic E-state index is 7.55. The van der Waals surface area contributed by atoms with Crippen LogP contribution in [0.3, 0.4) is 0 Å². The first-order chi connectivity index (χ1) is 8.66. The largest absolute Gasteiger partial charge is 0.369 e. The van der Waals surface area contributed by atoms with Crippen LogP contribution in [-0.2, 0) is 6.42 Å². The summed E-state index contributed by atoms with van der Waals surface area (Å²) in [4.78, 5) is 0. The van der Waals surface area contributed by atoms with Gasteiger partial charge in [-0.15, -0.1) is 0 Å². The van der Waals surface area contributed by atoms with Gasteiger partial charge in [-0.25, -0.2) is 0 Å². The van der Waals surface area contributed by atoms with E-state index >= 15 is 0 Å². The van der Waals surface area contributed by atoms with Crippen LogP contribution in [0.2, 0.25) is 0 Å². The minimum atomic E-state index is -0.0580. The Labute approximate surface area is 118 Å². The SMILES string of the molecule is N=C(N)n1nc(-c2ccc(I)cc2)c2c1NCC2. The minimum Gasteiger partial charge on any atom is -0.369 e. The zero-order valence-electron chi connectivity index (χ0n) is 9.57. The monoisotopic (exact) mass is 353 g/mol. The van der Waals surface area contributed by atoms with Crippen LogP contribution < -0.4 is 11.1 Å². The van der Waals surface area contributed by atoms with Gasteiger partial charge < -0.3 is 11.1 Å². The number of hydrogen-bond donors (Lipinski definition) is 3. The molecule has 0 aliphatic carbocycles. The highest BCUT2D eigenvalue weighted by Gasteiger charge is 2.23. The van der Waals surface area contributed by atoms with Crippen LogP contribution in [0.15, 0.2) is 24.3 Å². The number of nitrogens with two attached hydrogens (primary N) is 1. The molecule has 0 saturated carbocycles. The molecule has 4 N–H and O–H groups in total. The average Bonchev–Trinajstić information content (AvgIpc) is 2.91. The fourth-order valence-corrected chi connectivity index (χ4v) is 2.55. The predicted octanol–water partition coefficient (Wildman–Crippen LogP) is 1.86. The summed E-state index contributed by atoms with van der Waals surface area (Å²) in [5.41, 5.74) is 8.67. The Morgan fingerprint density at radius 2 is 2.11 bits per heavy atom. The minimum absolute atomic E-state index is 0.0580. The Morgan fingerprint density at radius 1 is 1.39 bits per heavy atom. The number of nitrogen functional groups attached to an aromatic ring is 1. The van der Waals surface area contributed by atoms with E-state index in [1.54, 1.807) is 0 Å². The van der Waals surface area contributed by atoms with Crippen molar-refractivity contribution in [3.05, 3.63) is 33.4 Å². The number of halogens is 1. The Kier molecular flexibility index (Phi) is 2.73. The van der Waals surface area contributed by atoms with Crippen molar-refractivity contribution in [2.75, 3.05) is 11.9 Å². The van der Waals surface area contributed by atoms with E-state index < -0.39 is 0 Å². The van der Waals surface area contributed by atoms with E-state index in [-0.39, 0.29) is 5.96 Å². The van der Waals surface area contributed by atoms with Crippen LogP contribution in [0.25, 0.3) is 11.3 Å². The average molecular weight is 353 g/mol. The molecule has 1 aromatic carbocycles. The maximum Gasteiger partial charge on any atom is 0.215 e. The molecule has 1 aromatic heterocycles. The van der Waals surface area contributed by atoms with Gasteiger partial charge >= 0.3 is 0 Å². The molecule has 2 heterocycles. The van der Waals surface area contributed by atoms with Crippen molar-refractivity contribution in [3.63, 3.8) is 0 Å². The molecule has 0 amide bonds. The number of benzene rings is 1. The Bertz CT molecular complexity index is 614. The van der Waals surface area contributed by atoms with E-state index in [4.69, 9.17) is 11.1 Å². The molecule has 0 fully saturated rings. The van der Waals surface area contributed by atoms with Crippen molar-refractivity contribution in [2.24, 2.45) is 5.73 Å². The summed E-state index contributed by atoms with van der Waals surface area (Å²) in [6.45, 7) is 0.873. The lowest BCUT2D eigenvalue weighted by Gasteiger charge is -2.02. The van der Waals surface area contributed by atoms with Gasteiger partial charge in [-0.3, -0.25) is 5.41 Å². The predicted molar refractivity (Wildman–Crippen MR) is 79.9 cm³/mol. The van der Waals surface area contributed by atoms with Gasteiger partial charge in [0.2, 0.25) is 5.96 Å². The molecule has 5 nitrogen and oxygen atoms in total. The number of nitrogens with zero attached hydrogens (tertiary/aromatic N) is 2. The molecule has 0 spiro atoms. The number of fused-ring (bicyclic) bond motifs is 1. The van der Waals surface area contributed by atoms with Crippen LogP contribution in [0.5, 0.6) is 0 Å². The molecule has 0 atom stereocenters. The molecule has 1 aliphatic heterocycles. The van der Waals surface area contributed by atoms with E-state index in [0.29, 0.717) is 0 Å². The van der Waals surface area contributed by atoms with Crippen molar-refractivity contribution in [2.45, 2.75) is 6.42 Å². The van der Waals surface area contributed by atoms with Gasteiger partial charge in [0.25, 0.3) is 0 Å². The lowest BCUT2D eigenvalue weighted by atomic mass is 10.1. The zero-order valence-corrected chi connectivity index (χ0v) is 11.7. The second-order valence-corrected chi connectivity index (χ2v) is 5.40. The first-order valence-corrected chi connectivity index (χ1v) is 6.71. The topological polar surface area (TPSA) is 79.7 Å². The van der Waals surface area contributed by atoms with Gasteiger partial charge in [0.15, 0.2) is 0 Å². The Balaban J connectivity index is 2.15. The van der Waals surface area contributed by atoms with Crippen LogP contribution in [0.1, 0.15) is 5.56 Å². The number of hydrogen-bond acceptors (Lipinski definition) is 3. The molecule has 0 bridgehead atoms. The lowest BCUT2D eigenvalue weighted by Crippen LogP contribution is -2.23. The highest BCUT2D eigenvalue weighted by Crippen LogP contribution is 2.32. The summed E-state index contributed by atoms with van der Waals surface area (Å²) in [5.74, 6) is 0.800. The third-order valence-electron chi connectivity index (χ3n) is 3.00. The summed E-state index contributed by atoms with van der Waals surface area (Å²) in [6.07, 6.45) is 0.921. The standard InChI is InChI=1S/C12H12IN5/c13-8-3-1-7(2-4-8)10-9-5-6-16-11(9)18(17-10)12(14)15/h1-4,16H,5-6H2,(H3,14,15). The Hall–Kier alpha value is -1.57. The molecule has 3 rings (SSSR count). The van der Waals surface area contributed by atoms with Crippen molar-refractivity contribution in [1.82, 2.24) is 9.78 Å². The van der Waals surface area contributed by atoms with E-state index in [2.05, 4.69) is 45.1 Å². The summed E-state index contributed by atoms with van der Waals surface area (Å²) in [7, 11) is 0. The van der Waals surface area contributed by atoms with Crippen LogP contribution in [0, 0.1) is 8.98 Å². The number of aromatic nitrogens is 2. The summed E-state index contributed by atoms with van der Waals surface area (Å²) >= 11 is 2.28. The number of nitrogens with one attached hydrogen (secondary N) is 2. The van der Waals surface area contributed by atoms with Gasteiger partial charge in [-0.1, -0.05) is 12.1 Å². The molecule has 1 aliphatic rings. The van der Waals surface area contributed by atoms with E-state index in [1.165, 1.54) is 8.25 Å². The summed E-state index contributed by atoms with van der Waals surface area (Å²) in [5, 5.41) is 15.2. The van der Waals surface area contributed by atoms with Gasteiger partial charge in [0, 0.05) is 21.2 Å². The molecular weight excluding hydrogens is 341 g/mol. The van der Waals surface area contributed by atoms with Crippen molar-refractivity contribution >= 4 is 34.4 Å². The molecule has 0 unspecified atom stereocenters. The van der Waals surface area contributed by atoms with Crippen LogP contribution in [-0.4, -0.2) is 22.3 Å². The zero-order chi connectivity index (χ0) is 12.7. The summed E-state index contributed by atoms with van der Waals surface area (Å²) < 4.78 is 2.66. The van der Waals surface area contributed by atoms with Gasteiger partial charge in [0.05, 0.1) is 5.69 Å². The highest BCUT2D eigenvalue weighted by molar-refractivity contribution is 14.1. The number of rotatable bonds is 1. The van der Waals surface area contributed by atoms with Crippen molar-refractivity contribution < 1.29 is 0 Å². The lowest BCUT2D eigenvalue weighted by molar-refractivity contribution is 0.910. The molecule has 6 heteroatoms. The molecule has 92 valence electrons. The van der Waals surface area contributed by atoms with Crippen LogP contribution in [0.4, 0.5) is 5.82 Å². The van der Waals surface area contributed by atoms with Crippen molar-refractivity contribution in [1.29, 1.82) is 5.41 Å². The second kappa shape index (κ2) is 4.27. The van der Waals surface area contributed by atoms with Gasteiger partial charge in [0.1, 0.15) is 5.82 Å². The molecule has 0 saturated heterocycles. The van der Waals surface area contributed by atoms with E-state index in [1.807, 2.05) is 12.1 Å². The van der Waals surface area contributed by atoms with Gasteiger partial charge in [-0.2, -0.15) is 9.78 Å². The first kappa shape index (κ1) is 11.5. The normalized spacial score (nSPS) is 13.2. The highest BCUT2D eigenvalue weighted by atomic mass is 127. The quantitative estimate of drug-likeness (QED) is 0.416. The molecule has 0 radical (unpaired) electrons. The third-order valence-corrected chi connectivity index (χ3v) is 3.72. The molecular formula is C12H12IN5. The van der Waals surface area contributed by atoms with E-state index in [9.17, 15) is 0 Å². The Morgan fingerprint density at radius 3 is 2.78 bits per heavy atom. The molecule has 2 aromatic rings.